The predicted molar refractivity (Wildman–Crippen MR) is 273 cm³/mol. The number of hydrogen-bond acceptors (Lipinski definition) is 14. The average Bonchev–Trinajstić information content (AvgIpc) is 3.24. The van der Waals surface area contributed by atoms with Gasteiger partial charge in [0.2, 0.25) is 35.4 Å². The van der Waals surface area contributed by atoms with Crippen molar-refractivity contribution in [2.75, 3.05) is 26.2 Å². The van der Waals surface area contributed by atoms with Crippen LogP contribution in [0.5, 0.6) is 0 Å². The molecule has 24 nitrogen and oxygen atoms in total. The SMILES string of the molecule is CCCC(=O)NCCCC[C@@H](NC(=O)[C@H](CCCCNC(=O)OC(C)(C)C)NC(=O)[C@@H](C)N)C(=O)N[C@@H](CCCCNC(=O)OC(C)(C)C)C(=O)N[C@H](C)C(=O)N[C@@H](CCCCNC(=O)OC(C)(C)C)C(=O)O. The fraction of sp³-hybridized carbons (Fsp3) is 0.796. The van der Waals surface area contributed by atoms with Crippen LogP contribution in [0.4, 0.5) is 14.4 Å². The zero-order valence-corrected chi connectivity index (χ0v) is 45.5. The lowest BCUT2D eigenvalue weighted by molar-refractivity contribution is -0.142. The first kappa shape index (κ1) is 67.1. The molecule has 0 saturated heterocycles. The Morgan fingerprint density at radius 3 is 1.05 bits per heavy atom. The third-order valence-electron chi connectivity index (χ3n) is 10.2. The summed E-state index contributed by atoms with van der Waals surface area (Å²) in [6, 6.07) is -7.35. The van der Waals surface area contributed by atoms with E-state index in [9.17, 15) is 53.1 Å². The first-order chi connectivity index (χ1) is 33.8. The Morgan fingerprint density at radius 1 is 0.438 bits per heavy atom. The lowest BCUT2D eigenvalue weighted by atomic mass is 10.0. The van der Waals surface area contributed by atoms with Crippen molar-refractivity contribution in [2.24, 2.45) is 5.73 Å². The average molecular weight is 1040 g/mol. The van der Waals surface area contributed by atoms with E-state index in [1.807, 2.05) is 6.92 Å². The minimum absolute atomic E-state index is 0.00701. The topological polar surface area (TPSA) is 353 Å². The first-order valence-electron chi connectivity index (χ1n) is 25.5. The highest BCUT2D eigenvalue weighted by molar-refractivity contribution is 5.96. The molecule has 9 amide bonds. The standard InChI is InChI=1S/C49H90N10O14/c1-13-22-37(60)51-27-18-14-25-35(58-41(64)34(56-38(61)31(2)50)24-16-20-29-53-45(69)72-48(7,8)9)42(65)57-33(23-15-19-28-52-44(68)71-47(4,5)6)40(63)55-32(3)39(62)59-36(43(66)67)26-17-21-30-54-46(70)73-49(10,11)12/h31-36H,13-30,50H2,1-12H3,(H,51,60)(H,52,68)(H,53,69)(H,54,70)(H,55,63)(H,56,61)(H,57,65)(H,58,64)(H,59,62)(H,66,67)/t31-,32-,33+,34+,35-,36+/m1/s1. The summed E-state index contributed by atoms with van der Waals surface area (Å²) in [6.45, 7) is 21.0. The van der Waals surface area contributed by atoms with E-state index < -0.39 is 107 Å². The molecule has 0 aliphatic heterocycles. The number of carboxylic acids is 1. The maximum Gasteiger partial charge on any atom is 0.407 e. The minimum atomic E-state index is -1.33. The summed E-state index contributed by atoms with van der Waals surface area (Å²) in [4.78, 5) is 129. The van der Waals surface area contributed by atoms with Crippen molar-refractivity contribution >= 4 is 59.7 Å². The van der Waals surface area contributed by atoms with E-state index in [4.69, 9.17) is 19.9 Å². The number of carbonyl (C=O) groups is 10. The van der Waals surface area contributed by atoms with Crippen molar-refractivity contribution in [3.05, 3.63) is 0 Å². The van der Waals surface area contributed by atoms with Crippen LogP contribution in [0.1, 0.15) is 173 Å². The Bertz CT molecular complexity index is 1780. The molecular formula is C49H90N10O14. The van der Waals surface area contributed by atoms with Gasteiger partial charge in [0.25, 0.3) is 0 Å². The summed E-state index contributed by atoms with van der Waals surface area (Å²) >= 11 is 0. The molecule has 0 fully saturated rings. The van der Waals surface area contributed by atoms with Gasteiger partial charge in [0.15, 0.2) is 0 Å². The van der Waals surface area contributed by atoms with Crippen LogP contribution in [0.3, 0.4) is 0 Å². The van der Waals surface area contributed by atoms with Crippen molar-refractivity contribution in [2.45, 2.75) is 226 Å². The molecule has 73 heavy (non-hydrogen) atoms. The molecule has 6 atom stereocenters. The van der Waals surface area contributed by atoms with Crippen LogP contribution in [0.15, 0.2) is 0 Å². The van der Waals surface area contributed by atoms with Crippen LogP contribution in [0, 0.1) is 0 Å². The minimum Gasteiger partial charge on any atom is -0.480 e. The number of carbonyl (C=O) groups excluding carboxylic acids is 9. The fourth-order valence-electron chi connectivity index (χ4n) is 6.54. The number of nitrogens with two attached hydrogens (primary N) is 1. The molecule has 0 aromatic heterocycles. The van der Waals surface area contributed by atoms with E-state index in [0.717, 1.165) is 0 Å². The van der Waals surface area contributed by atoms with Crippen molar-refractivity contribution < 1.29 is 67.3 Å². The number of amides is 9. The molecule has 0 radical (unpaired) electrons. The van der Waals surface area contributed by atoms with Crippen LogP contribution in [-0.4, -0.2) is 144 Å². The highest BCUT2D eigenvalue weighted by atomic mass is 16.6. The molecule has 0 bridgehead atoms. The summed E-state index contributed by atoms with van der Waals surface area (Å²) in [5.74, 6) is -5.22. The van der Waals surface area contributed by atoms with Gasteiger partial charge >= 0.3 is 24.2 Å². The van der Waals surface area contributed by atoms with Gasteiger partial charge in [0, 0.05) is 32.6 Å². The molecule has 0 aliphatic carbocycles. The van der Waals surface area contributed by atoms with Gasteiger partial charge in [-0.3, -0.25) is 28.8 Å². The highest BCUT2D eigenvalue weighted by Gasteiger charge is 2.32. The summed E-state index contributed by atoms with van der Waals surface area (Å²) in [5.41, 5.74) is 3.68. The number of aliphatic carboxylic acids is 1. The van der Waals surface area contributed by atoms with E-state index in [1.165, 1.54) is 13.8 Å². The number of rotatable bonds is 33. The Morgan fingerprint density at radius 2 is 0.740 bits per heavy atom. The normalized spacial score (nSPS) is 14.0. The molecule has 0 saturated carbocycles. The monoisotopic (exact) mass is 1040 g/mol. The highest BCUT2D eigenvalue weighted by Crippen LogP contribution is 2.12. The fourth-order valence-corrected chi connectivity index (χ4v) is 6.54. The number of ether oxygens (including phenoxy) is 3. The second-order valence-electron chi connectivity index (χ2n) is 21.0. The Kier molecular flexibility index (Phi) is 31.7. The van der Waals surface area contributed by atoms with E-state index in [2.05, 4.69) is 47.9 Å². The van der Waals surface area contributed by atoms with E-state index in [1.54, 1.807) is 62.3 Å². The summed E-state index contributed by atoms with van der Waals surface area (Å²) in [7, 11) is 0. The lowest BCUT2D eigenvalue weighted by Crippen LogP contribution is -2.58. The maximum atomic E-state index is 14.3. The maximum absolute atomic E-state index is 14.3. The van der Waals surface area contributed by atoms with E-state index in [0.29, 0.717) is 64.3 Å². The molecule has 0 spiro atoms. The van der Waals surface area contributed by atoms with Crippen molar-refractivity contribution in [1.82, 2.24) is 47.9 Å². The molecule has 24 heteroatoms. The van der Waals surface area contributed by atoms with Crippen molar-refractivity contribution in [3.63, 3.8) is 0 Å². The second kappa shape index (κ2) is 34.5. The van der Waals surface area contributed by atoms with Crippen molar-refractivity contribution in [1.29, 1.82) is 0 Å². The van der Waals surface area contributed by atoms with Crippen molar-refractivity contribution in [3.8, 4) is 0 Å². The molecule has 0 aromatic rings. The summed E-state index contributed by atoms with van der Waals surface area (Å²) in [6.07, 6.45) is 2.02. The molecule has 0 heterocycles. The number of alkyl carbamates (subject to hydrolysis) is 3. The van der Waals surface area contributed by atoms with Gasteiger partial charge in [-0.05, 0) is 160 Å². The largest absolute Gasteiger partial charge is 0.480 e. The summed E-state index contributed by atoms with van der Waals surface area (Å²) in [5, 5.41) is 33.6. The number of carboxylic acid groups (broad SMARTS) is 1. The number of hydrogen-bond donors (Lipinski definition) is 11. The third kappa shape index (κ3) is 35.0. The lowest BCUT2D eigenvalue weighted by Gasteiger charge is -2.27. The van der Waals surface area contributed by atoms with Crippen LogP contribution in [-0.2, 0) is 47.8 Å². The summed E-state index contributed by atoms with van der Waals surface area (Å²) < 4.78 is 15.7. The molecule has 0 rings (SSSR count). The third-order valence-corrected chi connectivity index (χ3v) is 10.2. The molecule has 0 unspecified atom stereocenters. The van der Waals surface area contributed by atoms with Gasteiger partial charge in [-0.1, -0.05) is 6.92 Å². The van der Waals surface area contributed by atoms with Gasteiger partial charge in [-0.25, -0.2) is 19.2 Å². The van der Waals surface area contributed by atoms with Gasteiger partial charge < -0.3 is 72.9 Å². The molecule has 0 aliphatic rings. The van der Waals surface area contributed by atoms with Crippen LogP contribution >= 0.6 is 0 Å². The zero-order chi connectivity index (χ0) is 56.0. The molecular weight excluding hydrogens is 953 g/mol. The van der Waals surface area contributed by atoms with Gasteiger partial charge in [0.1, 0.15) is 47.0 Å². The predicted octanol–water partition coefficient (Wildman–Crippen LogP) is 3.03. The second-order valence-corrected chi connectivity index (χ2v) is 21.0. The van der Waals surface area contributed by atoms with E-state index >= 15 is 0 Å². The van der Waals surface area contributed by atoms with Gasteiger partial charge in [-0.2, -0.15) is 0 Å². The van der Waals surface area contributed by atoms with Crippen LogP contribution < -0.4 is 53.6 Å². The number of unbranched alkanes of at least 4 members (excludes halogenated alkanes) is 4. The van der Waals surface area contributed by atoms with E-state index in [-0.39, 0.29) is 57.6 Å². The molecule has 0 aromatic carbocycles. The Labute approximate surface area is 431 Å². The number of nitrogens with one attached hydrogen (secondary N) is 9. The van der Waals surface area contributed by atoms with Gasteiger partial charge in [0.05, 0.1) is 6.04 Å². The first-order valence-corrected chi connectivity index (χ1v) is 25.5. The zero-order valence-electron chi connectivity index (χ0n) is 45.5. The molecule has 12 N–H and O–H groups in total. The Hall–Kier alpha value is -5.94. The Balaban J connectivity index is 6.39. The van der Waals surface area contributed by atoms with Crippen LogP contribution in [0.2, 0.25) is 0 Å². The smallest absolute Gasteiger partial charge is 0.407 e. The molecule has 420 valence electrons. The quantitative estimate of drug-likeness (QED) is 0.0332. The van der Waals surface area contributed by atoms with Crippen LogP contribution in [0.25, 0.3) is 0 Å². The van der Waals surface area contributed by atoms with Gasteiger partial charge in [-0.15, -0.1) is 0 Å².